The number of thioether (sulfide) groups is 1. The Balaban J connectivity index is 2.56. The number of halogens is 1. The maximum absolute atomic E-state index is 14.3. The minimum atomic E-state index is -0.933. The van der Waals surface area contributed by atoms with E-state index in [1.807, 2.05) is 56.5 Å². The van der Waals surface area contributed by atoms with Crippen LogP contribution in [0.2, 0.25) is 5.02 Å². The van der Waals surface area contributed by atoms with Crippen molar-refractivity contribution in [3.05, 3.63) is 64.2 Å². The van der Waals surface area contributed by atoms with Gasteiger partial charge in [-0.3, -0.25) is 9.59 Å². The number of hydrogen-bond acceptors (Lipinski definition) is 5. The van der Waals surface area contributed by atoms with Gasteiger partial charge in [-0.1, -0.05) is 79.7 Å². The molecule has 0 radical (unpaired) electrons. The zero-order chi connectivity index (χ0) is 30.6. The lowest BCUT2D eigenvalue weighted by molar-refractivity contribution is -0.141. The van der Waals surface area contributed by atoms with Gasteiger partial charge in [0.25, 0.3) is 5.91 Å². The molecule has 0 spiro atoms. The van der Waals surface area contributed by atoms with Gasteiger partial charge in [0.15, 0.2) is 0 Å². The quantitative estimate of drug-likeness (QED) is 0.216. The first kappa shape index (κ1) is 34.5. The number of alkyl carbamates (subject to hydrolysis) is 1. The lowest BCUT2D eigenvalue weighted by Gasteiger charge is -2.35. The Hall–Kier alpha value is -2.71. The van der Waals surface area contributed by atoms with Gasteiger partial charge in [0.2, 0.25) is 5.91 Å². The van der Waals surface area contributed by atoms with Crippen molar-refractivity contribution < 1.29 is 19.1 Å². The van der Waals surface area contributed by atoms with Crippen molar-refractivity contribution >= 4 is 47.0 Å². The third-order valence-corrected chi connectivity index (χ3v) is 7.48. The molecule has 2 unspecified atom stereocenters. The molecule has 2 atom stereocenters. The van der Waals surface area contributed by atoms with Crippen LogP contribution in [0.5, 0.6) is 0 Å². The third kappa shape index (κ3) is 11.2. The molecule has 2 aromatic carbocycles. The van der Waals surface area contributed by atoms with Crippen LogP contribution in [0, 0.1) is 13.8 Å². The Labute approximate surface area is 255 Å². The Kier molecular flexibility index (Phi) is 14.0. The molecule has 226 valence electrons. The maximum atomic E-state index is 14.3. The number of anilines is 1. The molecule has 0 saturated carbocycles. The van der Waals surface area contributed by atoms with Gasteiger partial charge >= 0.3 is 6.09 Å². The molecule has 7 nitrogen and oxygen atoms in total. The van der Waals surface area contributed by atoms with Crippen LogP contribution in [0.1, 0.15) is 82.5 Å². The lowest BCUT2D eigenvalue weighted by Crippen LogP contribution is -2.52. The van der Waals surface area contributed by atoms with Gasteiger partial charge in [0.1, 0.15) is 17.7 Å². The molecule has 2 rings (SSSR count). The molecule has 0 heterocycles. The number of aryl methyl sites for hydroxylation is 2. The first-order valence-electron chi connectivity index (χ1n) is 14.3. The number of nitrogens with zero attached hydrogens (tertiary/aromatic N) is 1. The topological polar surface area (TPSA) is 87.7 Å². The normalized spacial score (nSPS) is 12.8. The highest BCUT2D eigenvalue weighted by Crippen LogP contribution is 2.30. The summed E-state index contributed by atoms with van der Waals surface area (Å²) in [5.74, 6) is -0.0359. The Bertz CT molecular complexity index is 1150. The molecule has 2 aromatic rings. The number of nitrogens with one attached hydrogen (secondary N) is 2. The second-order valence-electron chi connectivity index (χ2n) is 11.3. The van der Waals surface area contributed by atoms with Crippen molar-refractivity contribution in [2.24, 2.45) is 0 Å². The summed E-state index contributed by atoms with van der Waals surface area (Å²) in [4.78, 5) is 42.9. The Morgan fingerprint density at radius 2 is 1.76 bits per heavy atom. The standard InChI is InChI=1S/C32H46ClN3O4S/c1-8-9-10-11-19-36(30(38)26(18-20-41-7)34-31(39)40-32(4,5)6)28(24-16-12-14-22(2)21-24)29(37)35-27-23(3)15-13-17-25(27)33/h12-17,21,26,28H,8-11,18-20H2,1-7H3,(H,34,39)(H,35,37). The molecule has 0 aliphatic rings. The van der Waals surface area contributed by atoms with Crippen molar-refractivity contribution in [3.63, 3.8) is 0 Å². The third-order valence-electron chi connectivity index (χ3n) is 6.52. The van der Waals surface area contributed by atoms with E-state index in [9.17, 15) is 14.4 Å². The molecule has 0 aromatic heterocycles. The molecule has 0 aliphatic carbocycles. The van der Waals surface area contributed by atoms with Gasteiger partial charge in [-0.25, -0.2) is 4.79 Å². The summed E-state index contributed by atoms with van der Waals surface area (Å²) in [6.45, 7) is 11.6. The average Bonchev–Trinajstić information content (AvgIpc) is 2.89. The largest absolute Gasteiger partial charge is 0.444 e. The number of unbranched alkanes of at least 4 members (excludes halogenated alkanes) is 3. The van der Waals surface area contributed by atoms with Crippen LogP contribution in [0.3, 0.4) is 0 Å². The average molecular weight is 604 g/mol. The number of carbonyl (C=O) groups is 3. The summed E-state index contributed by atoms with van der Waals surface area (Å²) in [5, 5.41) is 6.23. The highest BCUT2D eigenvalue weighted by atomic mass is 35.5. The number of para-hydroxylation sites is 1. The van der Waals surface area contributed by atoms with Crippen LogP contribution in [0.25, 0.3) is 0 Å². The van der Waals surface area contributed by atoms with Gasteiger partial charge in [0.05, 0.1) is 10.7 Å². The first-order chi connectivity index (χ1) is 19.4. The van der Waals surface area contributed by atoms with E-state index in [0.717, 1.165) is 36.8 Å². The van der Waals surface area contributed by atoms with Gasteiger partial charge in [0, 0.05) is 6.54 Å². The van der Waals surface area contributed by atoms with Crippen LogP contribution in [0.4, 0.5) is 10.5 Å². The molecular weight excluding hydrogens is 558 g/mol. The summed E-state index contributed by atoms with van der Waals surface area (Å²) >= 11 is 8.05. The van der Waals surface area contributed by atoms with Crippen LogP contribution >= 0.6 is 23.4 Å². The smallest absolute Gasteiger partial charge is 0.408 e. The predicted molar refractivity (Wildman–Crippen MR) is 171 cm³/mol. The second-order valence-corrected chi connectivity index (χ2v) is 12.7. The molecule has 0 saturated heterocycles. The van der Waals surface area contributed by atoms with E-state index in [4.69, 9.17) is 16.3 Å². The van der Waals surface area contributed by atoms with Crippen molar-refractivity contribution in [2.45, 2.75) is 91.3 Å². The molecular formula is C32H46ClN3O4S. The van der Waals surface area contributed by atoms with Gasteiger partial charge in [-0.15, -0.1) is 0 Å². The lowest BCUT2D eigenvalue weighted by atomic mass is 9.99. The summed E-state index contributed by atoms with van der Waals surface area (Å²) in [6, 6.07) is 11.3. The van der Waals surface area contributed by atoms with Crippen molar-refractivity contribution in [1.82, 2.24) is 10.2 Å². The van der Waals surface area contributed by atoms with Crippen molar-refractivity contribution in [3.8, 4) is 0 Å². The maximum Gasteiger partial charge on any atom is 0.408 e. The van der Waals surface area contributed by atoms with Crippen molar-refractivity contribution in [1.29, 1.82) is 0 Å². The molecule has 41 heavy (non-hydrogen) atoms. The Morgan fingerprint density at radius 1 is 1.05 bits per heavy atom. The van der Waals surface area contributed by atoms with Crippen LogP contribution in [-0.2, 0) is 14.3 Å². The predicted octanol–water partition coefficient (Wildman–Crippen LogP) is 7.69. The monoisotopic (exact) mass is 603 g/mol. The van der Waals surface area contributed by atoms with E-state index >= 15 is 0 Å². The molecule has 0 aliphatic heterocycles. The van der Waals surface area contributed by atoms with E-state index in [1.54, 1.807) is 43.5 Å². The number of ether oxygens (including phenoxy) is 1. The second kappa shape index (κ2) is 16.7. The molecule has 9 heteroatoms. The fourth-order valence-corrected chi connectivity index (χ4v) is 5.25. The van der Waals surface area contributed by atoms with E-state index in [1.165, 1.54) is 0 Å². The fraction of sp³-hybridized carbons (Fsp3) is 0.531. The summed E-state index contributed by atoms with van der Waals surface area (Å²) < 4.78 is 5.48. The SMILES string of the molecule is CCCCCCN(C(=O)C(CCSC)NC(=O)OC(C)(C)C)C(C(=O)Nc1c(C)cccc1Cl)c1cccc(C)c1. The molecule has 0 bridgehead atoms. The van der Waals surface area contributed by atoms with E-state index in [2.05, 4.69) is 17.6 Å². The van der Waals surface area contributed by atoms with Crippen LogP contribution < -0.4 is 10.6 Å². The minimum absolute atomic E-state index is 0.320. The highest BCUT2D eigenvalue weighted by Gasteiger charge is 2.36. The van der Waals surface area contributed by atoms with E-state index in [-0.39, 0.29) is 11.8 Å². The molecule has 3 amide bonds. The van der Waals surface area contributed by atoms with Crippen LogP contribution in [-0.4, -0.2) is 53.0 Å². The van der Waals surface area contributed by atoms with Gasteiger partial charge in [-0.2, -0.15) is 11.8 Å². The fourth-order valence-electron chi connectivity index (χ4n) is 4.51. The van der Waals surface area contributed by atoms with Crippen LogP contribution in [0.15, 0.2) is 42.5 Å². The Morgan fingerprint density at radius 3 is 2.37 bits per heavy atom. The summed E-state index contributed by atoms with van der Waals surface area (Å²) in [7, 11) is 0. The number of rotatable bonds is 14. The zero-order valence-corrected chi connectivity index (χ0v) is 27.1. The number of benzene rings is 2. The molecule has 0 fully saturated rings. The first-order valence-corrected chi connectivity index (χ1v) is 16.1. The number of carbonyl (C=O) groups excluding carboxylic acids is 3. The number of hydrogen-bond donors (Lipinski definition) is 2. The zero-order valence-electron chi connectivity index (χ0n) is 25.5. The summed E-state index contributed by atoms with van der Waals surface area (Å²) in [6.07, 6.45) is 5.39. The van der Waals surface area contributed by atoms with E-state index < -0.39 is 23.8 Å². The minimum Gasteiger partial charge on any atom is -0.444 e. The van der Waals surface area contributed by atoms with Gasteiger partial charge in [-0.05, 0) is 76.7 Å². The van der Waals surface area contributed by atoms with E-state index in [0.29, 0.717) is 35.0 Å². The van der Waals surface area contributed by atoms with Gasteiger partial charge < -0.3 is 20.3 Å². The number of amides is 3. The summed E-state index contributed by atoms with van der Waals surface area (Å²) in [5.41, 5.74) is 2.28. The molecule has 2 N–H and O–H groups in total. The van der Waals surface area contributed by atoms with Crippen molar-refractivity contribution in [2.75, 3.05) is 23.9 Å². The highest BCUT2D eigenvalue weighted by molar-refractivity contribution is 7.98.